The SMILES string of the molecule is C=CCNCc1ccccc1OCC(=O)NC(C)(C)C. The summed E-state index contributed by atoms with van der Waals surface area (Å²) in [6.45, 7) is 10.9. The van der Waals surface area contributed by atoms with Crippen LogP contribution in [0.1, 0.15) is 26.3 Å². The minimum atomic E-state index is -0.245. The molecule has 0 saturated heterocycles. The van der Waals surface area contributed by atoms with E-state index in [0.717, 1.165) is 17.9 Å². The van der Waals surface area contributed by atoms with Gasteiger partial charge in [-0.05, 0) is 26.8 Å². The van der Waals surface area contributed by atoms with E-state index in [0.29, 0.717) is 6.54 Å². The van der Waals surface area contributed by atoms with Crippen molar-refractivity contribution in [2.75, 3.05) is 13.2 Å². The fourth-order valence-electron chi connectivity index (χ4n) is 1.70. The van der Waals surface area contributed by atoms with Crippen LogP contribution in [0, 0.1) is 0 Å². The first kappa shape index (κ1) is 16.2. The van der Waals surface area contributed by atoms with Crippen molar-refractivity contribution in [3.05, 3.63) is 42.5 Å². The molecule has 0 saturated carbocycles. The molecule has 0 aliphatic carbocycles. The number of amides is 1. The van der Waals surface area contributed by atoms with Gasteiger partial charge in [0.25, 0.3) is 5.91 Å². The Hall–Kier alpha value is -1.81. The van der Waals surface area contributed by atoms with Crippen molar-refractivity contribution in [2.24, 2.45) is 0 Å². The predicted octanol–water partition coefficient (Wildman–Crippen LogP) is 2.26. The minimum absolute atomic E-state index is 0.0236. The highest BCUT2D eigenvalue weighted by molar-refractivity contribution is 5.78. The van der Waals surface area contributed by atoms with Crippen LogP contribution in [-0.4, -0.2) is 24.6 Å². The Morgan fingerprint density at radius 2 is 2.05 bits per heavy atom. The van der Waals surface area contributed by atoms with Gasteiger partial charge in [-0.2, -0.15) is 0 Å². The molecule has 1 amide bonds. The smallest absolute Gasteiger partial charge is 0.258 e. The van der Waals surface area contributed by atoms with Gasteiger partial charge in [0.05, 0.1) is 0 Å². The zero-order valence-electron chi connectivity index (χ0n) is 12.5. The number of hydrogen-bond donors (Lipinski definition) is 2. The maximum atomic E-state index is 11.7. The van der Waals surface area contributed by atoms with Gasteiger partial charge in [-0.25, -0.2) is 0 Å². The molecule has 4 heteroatoms. The minimum Gasteiger partial charge on any atom is -0.483 e. The van der Waals surface area contributed by atoms with Gasteiger partial charge in [-0.1, -0.05) is 24.3 Å². The predicted molar refractivity (Wildman–Crippen MR) is 81.7 cm³/mol. The number of carbonyl (C=O) groups is 1. The summed E-state index contributed by atoms with van der Waals surface area (Å²) in [6, 6.07) is 7.70. The normalized spacial score (nSPS) is 10.9. The van der Waals surface area contributed by atoms with Crippen LogP contribution in [0.4, 0.5) is 0 Å². The highest BCUT2D eigenvalue weighted by Crippen LogP contribution is 2.17. The third-order valence-corrected chi connectivity index (χ3v) is 2.45. The molecule has 1 rings (SSSR count). The van der Waals surface area contributed by atoms with Crippen molar-refractivity contribution in [3.63, 3.8) is 0 Å². The average molecular weight is 276 g/mol. The van der Waals surface area contributed by atoms with Crippen LogP contribution >= 0.6 is 0 Å². The molecule has 0 radical (unpaired) electrons. The zero-order chi connectivity index (χ0) is 15.0. The summed E-state index contributed by atoms with van der Waals surface area (Å²) in [5, 5.41) is 6.09. The second kappa shape index (κ2) is 7.70. The highest BCUT2D eigenvalue weighted by Gasteiger charge is 2.14. The number of ether oxygens (including phenoxy) is 1. The Labute approximate surface area is 121 Å². The van der Waals surface area contributed by atoms with Crippen LogP contribution in [0.25, 0.3) is 0 Å². The van der Waals surface area contributed by atoms with Crippen LogP contribution in [-0.2, 0) is 11.3 Å². The van der Waals surface area contributed by atoms with E-state index in [2.05, 4.69) is 17.2 Å². The van der Waals surface area contributed by atoms with Gasteiger partial charge in [0, 0.05) is 24.2 Å². The van der Waals surface area contributed by atoms with Crippen LogP contribution < -0.4 is 15.4 Å². The summed E-state index contributed by atoms with van der Waals surface area (Å²) in [6.07, 6.45) is 1.81. The number of carbonyl (C=O) groups excluding carboxylic acids is 1. The molecule has 0 aliphatic rings. The first-order valence-corrected chi connectivity index (χ1v) is 6.75. The topological polar surface area (TPSA) is 50.4 Å². The summed E-state index contributed by atoms with van der Waals surface area (Å²) in [5.41, 5.74) is 0.781. The maximum Gasteiger partial charge on any atom is 0.258 e. The standard InChI is InChI=1S/C16H24N2O2/c1-5-10-17-11-13-8-6-7-9-14(13)20-12-15(19)18-16(2,3)4/h5-9,17H,1,10-12H2,2-4H3,(H,18,19). The summed E-state index contributed by atoms with van der Waals surface area (Å²) < 4.78 is 5.60. The second-order valence-corrected chi connectivity index (χ2v) is 5.61. The molecule has 0 bridgehead atoms. The van der Waals surface area contributed by atoms with Gasteiger partial charge in [-0.3, -0.25) is 4.79 Å². The molecule has 0 spiro atoms. The van der Waals surface area contributed by atoms with Crippen molar-refractivity contribution in [2.45, 2.75) is 32.9 Å². The monoisotopic (exact) mass is 276 g/mol. The van der Waals surface area contributed by atoms with E-state index >= 15 is 0 Å². The van der Waals surface area contributed by atoms with Crippen LogP contribution in [0.3, 0.4) is 0 Å². The molecule has 0 fully saturated rings. The molecule has 110 valence electrons. The fraction of sp³-hybridized carbons (Fsp3) is 0.438. The van der Waals surface area contributed by atoms with Gasteiger partial charge in [0.1, 0.15) is 5.75 Å². The lowest BCUT2D eigenvalue weighted by Crippen LogP contribution is -2.43. The molecule has 2 N–H and O–H groups in total. The Kier molecular flexibility index (Phi) is 6.25. The first-order valence-electron chi connectivity index (χ1n) is 6.75. The molecule has 1 aromatic carbocycles. The summed E-state index contributed by atoms with van der Waals surface area (Å²) in [5.74, 6) is 0.611. The Morgan fingerprint density at radius 1 is 1.35 bits per heavy atom. The molecule has 20 heavy (non-hydrogen) atoms. The third-order valence-electron chi connectivity index (χ3n) is 2.45. The first-order chi connectivity index (χ1) is 9.42. The lowest BCUT2D eigenvalue weighted by molar-refractivity contribution is -0.124. The molecule has 1 aromatic rings. The van der Waals surface area contributed by atoms with E-state index in [1.807, 2.05) is 45.0 Å². The van der Waals surface area contributed by atoms with Crippen LogP contribution in [0.2, 0.25) is 0 Å². The van der Waals surface area contributed by atoms with Crippen LogP contribution in [0.15, 0.2) is 36.9 Å². The van der Waals surface area contributed by atoms with Gasteiger partial charge in [-0.15, -0.1) is 6.58 Å². The number of nitrogens with one attached hydrogen (secondary N) is 2. The van der Waals surface area contributed by atoms with E-state index in [4.69, 9.17) is 4.74 Å². The maximum absolute atomic E-state index is 11.7. The van der Waals surface area contributed by atoms with Crippen LogP contribution in [0.5, 0.6) is 5.75 Å². The van der Waals surface area contributed by atoms with E-state index in [1.165, 1.54) is 0 Å². The van der Waals surface area contributed by atoms with E-state index < -0.39 is 0 Å². The molecule has 4 nitrogen and oxygen atoms in total. The van der Waals surface area contributed by atoms with Gasteiger partial charge in [0.2, 0.25) is 0 Å². The van der Waals surface area contributed by atoms with E-state index in [9.17, 15) is 4.79 Å². The molecular weight excluding hydrogens is 252 g/mol. The largest absolute Gasteiger partial charge is 0.483 e. The Bertz CT molecular complexity index is 450. The van der Waals surface area contributed by atoms with Crippen molar-refractivity contribution in [1.82, 2.24) is 10.6 Å². The van der Waals surface area contributed by atoms with Crippen molar-refractivity contribution in [3.8, 4) is 5.75 Å². The van der Waals surface area contributed by atoms with E-state index in [1.54, 1.807) is 6.08 Å². The van der Waals surface area contributed by atoms with Crippen molar-refractivity contribution < 1.29 is 9.53 Å². The molecular formula is C16H24N2O2. The summed E-state index contributed by atoms with van der Waals surface area (Å²) >= 11 is 0. The Morgan fingerprint density at radius 3 is 2.70 bits per heavy atom. The number of hydrogen-bond acceptors (Lipinski definition) is 3. The fourth-order valence-corrected chi connectivity index (χ4v) is 1.70. The van der Waals surface area contributed by atoms with Gasteiger partial charge >= 0.3 is 0 Å². The van der Waals surface area contributed by atoms with Crippen molar-refractivity contribution >= 4 is 5.91 Å². The zero-order valence-corrected chi connectivity index (χ0v) is 12.5. The molecule has 0 heterocycles. The van der Waals surface area contributed by atoms with Gasteiger partial charge in [0.15, 0.2) is 6.61 Å². The lowest BCUT2D eigenvalue weighted by atomic mass is 10.1. The van der Waals surface area contributed by atoms with Crippen molar-refractivity contribution in [1.29, 1.82) is 0 Å². The molecule has 0 aliphatic heterocycles. The van der Waals surface area contributed by atoms with E-state index in [-0.39, 0.29) is 18.1 Å². The number of benzene rings is 1. The summed E-state index contributed by atoms with van der Waals surface area (Å²) in [7, 11) is 0. The number of para-hydroxylation sites is 1. The molecule has 0 aromatic heterocycles. The number of rotatable bonds is 7. The average Bonchev–Trinajstić information content (AvgIpc) is 2.36. The summed E-state index contributed by atoms with van der Waals surface area (Å²) in [4.78, 5) is 11.7. The second-order valence-electron chi connectivity index (χ2n) is 5.61. The van der Waals surface area contributed by atoms with Gasteiger partial charge < -0.3 is 15.4 Å². The third kappa shape index (κ3) is 6.38. The lowest BCUT2D eigenvalue weighted by Gasteiger charge is -2.20. The quantitative estimate of drug-likeness (QED) is 0.593. The molecule has 0 unspecified atom stereocenters. The highest BCUT2D eigenvalue weighted by atomic mass is 16.5. The Balaban J connectivity index is 2.54. The molecule has 0 atom stereocenters.